The van der Waals surface area contributed by atoms with Gasteiger partial charge in [-0.05, 0) is 12.8 Å². The summed E-state index contributed by atoms with van der Waals surface area (Å²) in [4.78, 5) is 11.9. The van der Waals surface area contributed by atoms with Gasteiger partial charge >= 0.3 is 5.97 Å². The average molecular weight is 260 g/mol. The molecule has 0 saturated heterocycles. The van der Waals surface area contributed by atoms with E-state index in [2.05, 4.69) is 13.8 Å². The summed E-state index contributed by atoms with van der Waals surface area (Å²) < 4.78 is 10.2. The van der Waals surface area contributed by atoms with Gasteiger partial charge in [-0.15, -0.1) is 0 Å². The molecule has 0 fully saturated rings. The molecule has 0 aliphatic rings. The minimum absolute atomic E-state index is 0.00354. The average Bonchev–Trinajstić information content (AvgIpc) is 2.38. The Balaban J connectivity index is 3.80. The van der Waals surface area contributed by atoms with Crippen molar-refractivity contribution in [2.45, 2.75) is 52.4 Å². The van der Waals surface area contributed by atoms with Crippen molar-refractivity contribution < 1.29 is 19.4 Å². The minimum Gasteiger partial charge on any atom is -0.463 e. The predicted octanol–water partition coefficient (Wildman–Crippen LogP) is 2.54. The fraction of sp³-hybridized carbons (Fsp3) is 0.929. The summed E-state index contributed by atoms with van der Waals surface area (Å²) in [5, 5.41) is 8.52. The molecule has 0 atom stereocenters. The molecule has 0 aliphatic heterocycles. The maximum atomic E-state index is 11.9. The SMILES string of the molecule is CCCCC(CCCC)C(=O)OCCOCCO. The highest BCUT2D eigenvalue weighted by atomic mass is 16.6. The van der Waals surface area contributed by atoms with Crippen molar-refractivity contribution in [3.63, 3.8) is 0 Å². The third kappa shape index (κ3) is 9.42. The summed E-state index contributed by atoms with van der Waals surface area (Å²) in [6.45, 7) is 5.21. The van der Waals surface area contributed by atoms with Crippen molar-refractivity contribution in [1.82, 2.24) is 0 Å². The summed E-state index contributed by atoms with van der Waals surface area (Å²) in [7, 11) is 0. The van der Waals surface area contributed by atoms with Crippen LogP contribution in [0.25, 0.3) is 0 Å². The van der Waals surface area contributed by atoms with Crippen LogP contribution in [0.2, 0.25) is 0 Å². The largest absolute Gasteiger partial charge is 0.463 e. The molecule has 0 amide bonds. The minimum atomic E-state index is -0.0931. The van der Waals surface area contributed by atoms with E-state index in [0.717, 1.165) is 38.5 Å². The number of aliphatic hydroxyl groups is 1. The summed E-state index contributed by atoms with van der Waals surface area (Å²) in [6, 6.07) is 0. The van der Waals surface area contributed by atoms with E-state index < -0.39 is 0 Å². The molecular formula is C14H28O4. The van der Waals surface area contributed by atoms with E-state index in [-0.39, 0.29) is 25.1 Å². The molecule has 1 N–H and O–H groups in total. The molecule has 4 nitrogen and oxygen atoms in total. The molecule has 0 aromatic rings. The molecule has 0 heterocycles. The second kappa shape index (κ2) is 12.8. The number of hydrogen-bond acceptors (Lipinski definition) is 4. The van der Waals surface area contributed by atoms with Crippen LogP contribution in [0.4, 0.5) is 0 Å². The Hall–Kier alpha value is -0.610. The van der Waals surface area contributed by atoms with Crippen molar-refractivity contribution in [2.24, 2.45) is 5.92 Å². The zero-order valence-corrected chi connectivity index (χ0v) is 11.8. The first kappa shape index (κ1) is 17.4. The van der Waals surface area contributed by atoms with Gasteiger partial charge in [0, 0.05) is 0 Å². The Morgan fingerprint density at radius 3 is 2.17 bits per heavy atom. The van der Waals surface area contributed by atoms with Gasteiger partial charge in [0.05, 0.1) is 25.7 Å². The van der Waals surface area contributed by atoms with Crippen molar-refractivity contribution in [3.05, 3.63) is 0 Å². The first-order valence-corrected chi connectivity index (χ1v) is 7.11. The molecule has 0 aromatic heterocycles. The smallest absolute Gasteiger partial charge is 0.309 e. The van der Waals surface area contributed by atoms with E-state index >= 15 is 0 Å². The maximum Gasteiger partial charge on any atom is 0.309 e. The summed E-state index contributed by atoms with van der Waals surface area (Å²) in [6.07, 6.45) is 6.21. The van der Waals surface area contributed by atoms with Gasteiger partial charge in [-0.3, -0.25) is 4.79 Å². The standard InChI is InChI=1S/C14H28O4/c1-3-5-7-13(8-6-4-2)14(16)18-12-11-17-10-9-15/h13,15H,3-12H2,1-2H3. The Kier molecular flexibility index (Phi) is 12.4. The van der Waals surface area contributed by atoms with E-state index in [4.69, 9.17) is 14.6 Å². The number of hydrogen-bond donors (Lipinski definition) is 1. The van der Waals surface area contributed by atoms with E-state index in [9.17, 15) is 4.79 Å². The fourth-order valence-corrected chi connectivity index (χ4v) is 1.77. The Morgan fingerprint density at radius 1 is 1.06 bits per heavy atom. The van der Waals surface area contributed by atoms with Crippen LogP contribution < -0.4 is 0 Å². The topological polar surface area (TPSA) is 55.8 Å². The first-order valence-electron chi connectivity index (χ1n) is 7.11. The third-order valence-electron chi connectivity index (χ3n) is 2.85. The van der Waals surface area contributed by atoms with Gasteiger partial charge in [0.2, 0.25) is 0 Å². The number of ether oxygens (including phenoxy) is 2. The van der Waals surface area contributed by atoms with Gasteiger partial charge in [0.25, 0.3) is 0 Å². The van der Waals surface area contributed by atoms with Crippen LogP contribution in [0.5, 0.6) is 0 Å². The molecule has 0 aromatic carbocycles. The first-order chi connectivity index (χ1) is 8.76. The van der Waals surface area contributed by atoms with Crippen LogP contribution in [0.3, 0.4) is 0 Å². The molecule has 0 radical (unpaired) electrons. The predicted molar refractivity (Wildman–Crippen MR) is 71.4 cm³/mol. The van der Waals surface area contributed by atoms with Gasteiger partial charge in [-0.1, -0.05) is 39.5 Å². The molecule has 18 heavy (non-hydrogen) atoms. The number of rotatable bonds is 12. The van der Waals surface area contributed by atoms with Crippen molar-refractivity contribution in [3.8, 4) is 0 Å². The highest BCUT2D eigenvalue weighted by Crippen LogP contribution is 2.17. The number of carbonyl (C=O) groups excluding carboxylic acids is 1. The molecule has 4 heteroatoms. The Labute approximate surface area is 111 Å². The quantitative estimate of drug-likeness (QED) is 0.433. The second-order valence-corrected chi connectivity index (χ2v) is 4.48. The Bertz CT molecular complexity index is 186. The van der Waals surface area contributed by atoms with Crippen LogP contribution >= 0.6 is 0 Å². The highest BCUT2D eigenvalue weighted by Gasteiger charge is 2.18. The molecule has 0 rings (SSSR count). The molecule has 0 spiro atoms. The third-order valence-corrected chi connectivity index (χ3v) is 2.85. The molecular weight excluding hydrogens is 232 g/mol. The van der Waals surface area contributed by atoms with Crippen molar-refractivity contribution in [2.75, 3.05) is 26.4 Å². The van der Waals surface area contributed by atoms with Crippen molar-refractivity contribution >= 4 is 5.97 Å². The van der Waals surface area contributed by atoms with E-state index in [0.29, 0.717) is 13.2 Å². The van der Waals surface area contributed by atoms with Crippen molar-refractivity contribution in [1.29, 1.82) is 0 Å². The molecule has 108 valence electrons. The van der Waals surface area contributed by atoms with Gasteiger partial charge < -0.3 is 14.6 Å². The lowest BCUT2D eigenvalue weighted by molar-refractivity contribution is -0.150. The van der Waals surface area contributed by atoms with Crippen LogP contribution in [-0.4, -0.2) is 37.5 Å². The van der Waals surface area contributed by atoms with E-state index in [1.165, 1.54) is 0 Å². The van der Waals surface area contributed by atoms with Crippen LogP contribution in [0.1, 0.15) is 52.4 Å². The zero-order valence-electron chi connectivity index (χ0n) is 11.8. The second-order valence-electron chi connectivity index (χ2n) is 4.48. The van der Waals surface area contributed by atoms with Crippen LogP contribution in [-0.2, 0) is 14.3 Å². The van der Waals surface area contributed by atoms with Gasteiger partial charge in [-0.2, -0.15) is 0 Å². The van der Waals surface area contributed by atoms with E-state index in [1.807, 2.05) is 0 Å². The van der Waals surface area contributed by atoms with Crippen LogP contribution in [0, 0.1) is 5.92 Å². The summed E-state index contributed by atoms with van der Waals surface area (Å²) in [5.74, 6) is -0.0489. The van der Waals surface area contributed by atoms with Gasteiger partial charge in [0.1, 0.15) is 6.61 Å². The molecule has 0 aliphatic carbocycles. The van der Waals surface area contributed by atoms with Gasteiger partial charge in [-0.25, -0.2) is 0 Å². The van der Waals surface area contributed by atoms with Gasteiger partial charge in [0.15, 0.2) is 0 Å². The molecule has 0 bridgehead atoms. The normalized spacial score (nSPS) is 10.9. The Morgan fingerprint density at radius 2 is 1.67 bits per heavy atom. The highest BCUT2D eigenvalue weighted by molar-refractivity contribution is 5.72. The van der Waals surface area contributed by atoms with E-state index in [1.54, 1.807) is 0 Å². The molecule has 0 saturated carbocycles. The number of carbonyl (C=O) groups is 1. The fourth-order valence-electron chi connectivity index (χ4n) is 1.77. The summed E-state index contributed by atoms with van der Waals surface area (Å²) >= 11 is 0. The number of esters is 1. The zero-order chi connectivity index (χ0) is 13.6. The number of aliphatic hydroxyl groups excluding tert-OH is 1. The number of unbranched alkanes of at least 4 members (excludes halogenated alkanes) is 2. The lowest BCUT2D eigenvalue weighted by Gasteiger charge is -2.15. The molecule has 0 unspecified atom stereocenters. The lowest BCUT2D eigenvalue weighted by atomic mass is 9.96. The summed E-state index contributed by atoms with van der Waals surface area (Å²) in [5.41, 5.74) is 0. The maximum absolute atomic E-state index is 11.9. The monoisotopic (exact) mass is 260 g/mol. The lowest BCUT2D eigenvalue weighted by Crippen LogP contribution is -2.20. The van der Waals surface area contributed by atoms with Crippen LogP contribution in [0.15, 0.2) is 0 Å².